The van der Waals surface area contributed by atoms with Gasteiger partial charge in [-0.2, -0.15) is 0 Å². The summed E-state index contributed by atoms with van der Waals surface area (Å²) in [6, 6.07) is 0.646. The molecule has 3 heteroatoms. The van der Waals surface area contributed by atoms with E-state index < -0.39 is 0 Å². The Morgan fingerprint density at radius 2 is 2.20 bits per heavy atom. The quantitative estimate of drug-likeness (QED) is 0.743. The maximum Gasteiger partial charge on any atom is 0.156 e. The van der Waals surface area contributed by atoms with Crippen LogP contribution in [0.15, 0.2) is 4.99 Å². The maximum atomic E-state index is 4.47. The lowest BCUT2D eigenvalue weighted by Crippen LogP contribution is -2.41. The van der Waals surface area contributed by atoms with E-state index >= 15 is 0 Å². The van der Waals surface area contributed by atoms with Gasteiger partial charge in [0.2, 0.25) is 0 Å². The van der Waals surface area contributed by atoms with Gasteiger partial charge in [-0.05, 0) is 30.6 Å². The first kappa shape index (κ1) is 11.3. The zero-order valence-electron chi connectivity index (χ0n) is 10.0. The van der Waals surface area contributed by atoms with Crippen LogP contribution in [0.25, 0.3) is 0 Å². The van der Waals surface area contributed by atoms with E-state index in [1.54, 1.807) is 0 Å². The first-order chi connectivity index (χ1) is 7.05. The zero-order valence-corrected chi connectivity index (χ0v) is 10.9. The molecular weight excluding hydrogens is 204 g/mol. The topological polar surface area (TPSA) is 24.4 Å². The van der Waals surface area contributed by atoms with Crippen LogP contribution in [0.2, 0.25) is 0 Å². The smallest absolute Gasteiger partial charge is 0.156 e. The molecule has 2 aliphatic rings. The molecule has 1 aliphatic carbocycles. The van der Waals surface area contributed by atoms with Crippen molar-refractivity contribution in [3.63, 3.8) is 0 Å². The standard InChI is InChI=1S/C12H22N2S/c1-9-6-10(8-12(2,3)7-9)14-11-13-4-5-15-11/h9-10H,4-8H2,1-3H3,(H,13,14). The highest BCUT2D eigenvalue weighted by molar-refractivity contribution is 8.14. The highest BCUT2D eigenvalue weighted by atomic mass is 32.2. The molecule has 0 saturated heterocycles. The predicted molar refractivity (Wildman–Crippen MR) is 68.5 cm³/mol. The molecule has 0 bridgehead atoms. The second-order valence-corrected chi connectivity index (χ2v) is 6.87. The molecule has 1 heterocycles. The van der Waals surface area contributed by atoms with E-state index in [0.717, 1.165) is 18.2 Å². The number of thioether (sulfide) groups is 1. The number of aliphatic imine (C=N–C) groups is 1. The van der Waals surface area contributed by atoms with E-state index in [1.165, 1.54) is 24.4 Å². The molecule has 0 aromatic carbocycles. The van der Waals surface area contributed by atoms with Crippen LogP contribution in [-0.2, 0) is 0 Å². The normalized spacial score (nSPS) is 35.0. The minimum Gasteiger partial charge on any atom is -0.362 e. The van der Waals surface area contributed by atoms with Crippen LogP contribution >= 0.6 is 11.8 Å². The van der Waals surface area contributed by atoms with Crippen molar-refractivity contribution in [1.29, 1.82) is 0 Å². The maximum absolute atomic E-state index is 4.47. The van der Waals surface area contributed by atoms with E-state index in [1.807, 2.05) is 11.8 Å². The SMILES string of the molecule is CC1CC(NC2=NCCS2)CC(C)(C)C1. The molecule has 1 fully saturated rings. The van der Waals surface area contributed by atoms with E-state index in [4.69, 9.17) is 0 Å². The molecule has 0 amide bonds. The van der Waals surface area contributed by atoms with Gasteiger partial charge in [0, 0.05) is 11.8 Å². The van der Waals surface area contributed by atoms with Gasteiger partial charge in [0.25, 0.3) is 0 Å². The van der Waals surface area contributed by atoms with Crippen LogP contribution in [-0.4, -0.2) is 23.5 Å². The van der Waals surface area contributed by atoms with E-state index in [2.05, 4.69) is 31.1 Å². The molecule has 2 unspecified atom stereocenters. The van der Waals surface area contributed by atoms with Gasteiger partial charge in [-0.25, -0.2) is 0 Å². The van der Waals surface area contributed by atoms with E-state index in [9.17, 15) is 0 Å². The van der Waals surface area contributed by atoms with Crippen LogP contribution in [0.1, 0.15) is 40.0 Å². The lowest BCUT2D eigenvalue weighted by Gasteiger charge is -2.39. The van der Waals surface area contributed by atoms with Gasteiger partial charge in [-0.3, -0.25) is 4.99 Å². The van der Waals surface area contributed by atoms with Gasteiger partial charge >= 0.3 is 0 Å². The monoisotopic (exact) mass is 226 g/mol. The number of rotatable bonds is 1. The summed E-state index contributed by atoms with van der Waals surface area (Å²) in [5, 5.41) is 4.80. The van der Waals surface area contributed by atoms with Gasteiger partial charge in [0.15, 0.2) is 5.17 Å². The minimum absolute atomic E-state index is 0.499. The Kier molecular flexibility index (Phi) is 3.29. The lowest BCUT2D eigenvalue weighted by molar-refractivity contribution is 0.162. The van der Waals surface area contributed by atoms with Gasteiger partial charge in [0.1, 0.15) is 0 Å². The summed E-state index contributed by atoms with van der Waals surface area (Å²) in [6.45, 7) is 8.15. The second-order valence-electron chi connectivity index (χ2n) is 5.79. The van der Waals surface area contributed by atoms with Crippen molar-refractivity contribution in [2.45, 2.75) is 46.1 Å². The summed E-state index contributed by atoms with van der Waals surface area (Å²) in [6.07, 6.45) is 3.96. The molecule has 15 heavy (non-hydrogen) atoms. The molecule has 0 radical (unpaired) electrons. The Bertz CT molecular complexity index is 260. The van der Waals surface area contributed by atoms with Crippen molar-refractivity contribution in [3.05, 3.63) is 0 Å². The number of hydrogen-bond acceptors (Lipinski definition) is 3. The van der Waals surface area contributed by atoms with Gasteiger partial charge in [-0.15, -0.1) is 0 Å². The Morgan fingerprint density at radius 3 is 2.80 bits per heavy atom. The summed E-state index contributed by atoms with van der Waals surface area (Å²) in [5.74, 6) is 2.01. The van der Waals surface area contributed by atoms with Gasteiger partial charge in [-0.1, -0.05) is 32.5 Å². The summed E-state index contributed by atoms with van der Waals surface area (Å²) in [4.78, 5) is 4.47. The van der Waals surface area contributed by atoms with Crippen molar-refractivity contribution >= 4 is 16.9 Å². The fourth-order valence-electron chi connectivity index (χ4n) is 3.05. The molecule has 1 N–H and O–H groups in total. The average molecular weight is 226 g/mol. The molecule has 0 aromatic heterocycles. The fraction of sp³-hybridized carbons (Fsp3) is 0.917. The molecule has 2 nitrogen and oxygen atoms in total. The third-order valence-electron chi connectivity index (χ3n) is 3.30. The van der Waals surface area contributed by atoms with Crippen molar-refractivity contribution in [3.8, 4) is 0 Å². The highest BCUT2D eigenvalue weighted by Crippen LogP contribution is 2.38. The first-order valence-corrected chi connectivity index (χ1v) is 6.97. The molecule has 0 spiro atoms. The Morgan fingerprint density at radius 1 is 1.40 bits per heavy atom. The fourth-order valence-corrected chi connectivity index (χ4v) is 3.86. The predicted octanol–water partition coefficient (Wildman–Crippen LogP) is 2.89. The van der Waals surface area contributed by atoms with Crippen molar-refractivity contribution in [2.24, 2.45) is 16.3 Å². The summed E-state index contributed by atoms with van der Waals surface area (Å²) in [7, 11) is 0. The first-order valence-electron chi connectivity index (χ1n) is 5.99. The zero-order chi connectivity index (χ0) is 10.9. The Hall–Kier alpha value is -0.180. The number of nitrogens with one attached hydrogen (secondary N) is 1. The van der Waals surface area contributed by atoms with Crippen molar-refractivity contribution in [1.82, 2.24) is 5.32 Å². The molecule has 2 atom stereocenters. The molecule has 0 aromatic rings. The lowest BCUT2D eigenvalue weighted by atomic mass is 9.71. The van der Waals surface area contributed by atoms with Crippen LogP contribution in [0.3, 0.4) is 0 Å². The van der Waals surface area contributed by atoms with Crippen LogP contribution in [0.4, 0.5) is 0 Å². The third kappa shape index (κ3) is 3.13. The van der Waals surface area contributed by atoms with Crippen molar-refractivity contribution < 1.29 is 0 Å². The molecular formula is C12H22N2S. The minimum atomic E-state index is 0.499. The number of hydrogen-bond donors (Lipinski definition) is 1. The largest absolute Gasteiger partial charge is 0.362 e. The summed E-state index contributed by atoms with van der Waals surface area (Å²) >= 11 is 1.88. The van der Waals surface area contributed by atoms with E-state index in [0.29, 0.717) is 11.5 Å². The second kappa shape index (κ2) is 4.36. The molecule has 1 saturated carbocycles. The number of amidine groups is 1. The summed E-state index contributed by atoms with van der Waals surface area (Å²) in [5.41, 5.74) is 0.499. The van der Waals surface area contributed by atoms with Crippen LogP contribution < -0.4 is 5.32 Å². The molecule has 86 valence electrons. The van der Waals surface area contributed by atoms with E-state index in [-0.39, 0.29) is 0 Å². The van der Waals surface area contributed by atoms with Crippen molar-refractivity contribution in [2.75, 3.05) is 12.3 Å². The van der Waals surface area contributed by atoms with Gasteiger partial charge < -0.3 is 5.32 Å². The highest BCUT2D eigenvalue weighted by Gasteiger charge is 2.32. The molecule has 1 aliphatic heterocycles. The van der Waals surface area contributed by atoms with Crippen LogP contribution in [0.5, 0.6) is 0 Å². The summed E-state index contributed by atoms with van der Waals surface area (Å²) < 4.78 is 0. The van der Waals surface area contributed by atoms with Gasteiger partial charge in [0.05, 0.1) is 6.54 Å². The Labute approximate surface area is 97.3 Å². The number of nitrogens with zero attached hydrogens (tertiary/aromatic N) is 1. The average Bonchev–Trinajstić information content (AvgIpc) is 2.52. The molecule has 2 rings (SSSR count). The van der Waals surface area contributed by atoms with Crippen LogP contribution in [0, 0.1) is 11.3 Å². The third-order valence-corrected chi connectivity index (χ3v) is 4.21. The Balaban J connectivity index is 1.91.